The molecule has 124 valence electrons. The zero-order valence-corrected chi connectivity index (χ0v) is 14.3. The smallest absolute Gasteiger partial charge is 0.228 e. The summed E-state index contributed by atoms with van der Waals surface area (Å²) in [6.07, 6.45) is 4.10. The van der Waals surface area contributed by atoms with E-state index >= 15 is 0 Å². The highest BCUT2D eigenvalue weighted by atomic mass is 16.2. The first-order chi connectivity index (χ1) is 11.0. The van der Waals surface area contributed by atoms with E-state index in [2.05, 4.69) is 24.4 Å². The summed E-state index contributed by atoms with van der Waals surface area (Å²) in [5.41, 5.74) is 4.25. The molecule has 0 spiro atoms. The van der Waals surface area contributed by atoms with Crippen LogP contribution in [-0.4, -0.2) is 29.8 Å². The minimum atomic E-state index is -0.149. The zero-order valence-electron chi connectivity index (χ0n) is 14.3. The van der Waals surface area contributed by atoms with Gasteiger partial charge < -0.3 is 10.2 Å². The van der Waals surface area contributed by atoms with E-state index in [0.29, 0.717) is 6.42 Å². The number of piperidine rings is 1. The number of likely N-dealkylation sites (tertiary alicyclic amines) is 1. The number of carbonyl (C=O) groups is 2. The normalized spacial score (nSPS) is 23.5. The van der Waals surface area contributed by atoms with Crippen LogP contribution < -0.4 is 5.32 Å². The van der Waals surface area contributed by atoms with Crippen LogP contribution in [-0.2, 0) is 9.59 Å². The molecular weight excluding hydrogens is 288 g/mol. The summed E-state index contributed by atoms with van der Waals surface area (Å²) in [5, 5.41) is 3.05. The minimum Gasteiger partial charge on any atom is -0.342 e. The van der Waals surface area contributed by atoms with E-state index in [0.717, 1.165) is 42.7 Å². The lowest BCUT2D eigenvalue weighted by molar-refractivity contribution is -0.134. The first kappa shape index (κ1) is 16.0. The van der Waals surface area contributed by atoms with Gasteiger partial charge in [-0.3, -0.25) is 9.59 Å². The van der Waals surface area contributed by atoms with Gasteiger partial charge in [0, 0.05) is 18.8 Å². The van der Waals surface area contributed by atoms with Gasteiger partial charge in [-0.25, -0.2) is 0 Å². The van der Waals surface area contributed by atoms with Gasteiger partial charge in [-0.2, -0.15) is 0 Å². The highest BCUT2D eigenvalue weighted by molar-refractivity contribution is 6.00. The Morgan fingerprint density at radius 2 is 1.61 bits per heavy atom. The van der Waals surface area contributed by atoms with Gasteiger partial charge >= 0.3 is 0 Å². The van der Waals surface area contributed by atoms with E-state index < -0.39 is 0 Å². The van der Waals surface area contributed by atoms with Gasteiger partial charge in [0.25, 0.3) is 0 Å². The SMILES string of the molecule is Cc1cc(C)c(NC(=O)C2CC2C(=O)N2CCCCC2)c(C)c1. The third kappa shape index (κ3) is 3.41. The minimum absolute atomic E-state index is 0.00425. The molecule has 2 unspecified atom stereocenters. The van der Waals surface area contributed by atoms with Crippen molar-refractivity contribution in [3.63, 3.8) is 0 Å². The summed E-state index contributed by atoms with van der Waals surface area (Å²) in [4.78, 5) is 26.9. The summed E-state index contributed by atoms with van der Waals surface area (Å²) in [5.74, 6) is -0.0682. The van der Waals surface area contributed by atoms with Gasteiger partial charge in [0.1, 0.15) is 0 Å². The molecule has 1 saturated carbocycles. The number of aryl methyl sites for hydroxylation is 3. The number of anilines is 1. The number of rotatable bonds is 3. The standard InChI is InChI=1S/C19H26N2O2/c1-12-9-13(2)17(14(3)10-12)20-18(22)15-11-16(15)19(23)21-7-5-4-6-8-21/h9-10,15-16H,4-8,11H2,1-3H3,(H,20,22). The predicted molar refractivity (Wildman–Crippen MR) is 91.3 cm³/mol. The largest absolute Gasteiger partial charge is 0.342 e. The van der Waals surface area contributed by atoms with Crippen LogP contribution in [0.15, 0.2) is 12.1 Å². The fourth-order valence-corrected chi connectivity index (χ4v) is 3.70. The molecule has 4 nitrogen and oxygen atoms in total. The summed E-state index contributed by atoms with van der Waals surface area (Å²) < 4.78 is 0. The number of amides is 2. The van der Waals surface area contributed by atoms with Gasteiger partial charge in [-0.05, 0) is 57.6 Å². The molecule has 0 radical (unpaired) electrons. The number of hydrogen-bond acceptors (Lipinski definition) is 2. The summed E-state index contributed by atoms with van der Waals surface area (Å²) in [6, 6.07) is 4.15. The van der Waals surface area contributed by atoms with Crippen LogP contribution in [0.1, 0.15) is 42.4 Å². The Hall–Kier alpha value is -1.84. The van der Waals surface area contributed by atoms with E-state index in [9.17, 15) is 9.59 Å². The van der Waals surface area contributed by atoms with Crippen molar-refractivity contribution >= 4 is 17.5 Å². The van der Waals surface area contributed by atoms with E-state index in [1.165, 1.54) is 12.0 Å². The molecule has 3 rings (SSSR count). The molecule has 0 aromatic heterocycles. The third-order valence-electron chi connectivity index (χ3n) is 5.04. The second kappa shape index (κ2) is 6.34. The molecule has 2 aliphatic rings. The Morgan fingerprint density at radius 1 is 1.00 bits per heavy atom. The highest BCUT2D eigenvalue weighted by Crippen LogP contribution is 2.41. The predicted octanol–water partition coefficient (Wildman–Crippen LogP) is 3.20. The molecular formula is C19H26N2O2. The highest BCUT2D eigenvalue weighted by Gasteiger charge is 2.49. The van der Waals surface area contributed by atoms with Crippen molar-refractivity contribution in [1.29, 1.82) is 0 Å². The van der Waals surface area contributed by atoms with Gasteiger partial charge in [0.05, 0.1) is 11.8 Å². The maximum Gasteiger partial charge on any atom is 0.228 e. The number of hydrogen-bond donors (Lipinski definition) is 1. The fraction of sp³-hybridized carbons (Fsp3) is 0.579. The third-order valence-corrected chi connectivity index (χ3v) is 5.04. The van der Waals surface area contributed by atoms with Crippen molar-refractivity contribution in [2.75, 3.05) is 18.4 Å². The second-order valence-electron chi connectivity index (χ2n) is 7.10. The molecule has 1 aliphatic heterocycles. The number of benzene rings is 1. The molecule has 1 aliphatic carbocycles. The van der Waals surface area contributed by atoms with Gasteiger partial charge in [0.15, 0.2) is 0 Å². The summed E-state index contributed by atoms with van der Waals surface area (Å²) >= 11 is 0. The van der Waals surface area contributed by atoms with Gasteiger partial charge in [0.2, 0.25) is 11.8 Å². The van der Waals surface area contributed by atoms with Crippen molar-refractivity contribution in [2.45, 2.75) is 46.5 Å². The van der Waals surface area contributed by atoms with Gasteiger partial charge in [-0.15, -0.1) is 0 Å². The maximum absolute atomic E-state index is 12.5. The Bertz CT molecular complexity index is 609. The van der Waals surface area contributed by atoms with Crippen molar-refractivity contribution in [3.8, 4) is 0 Å². The van der Waals surface area contributed by atoms with Crippen molar-refractivity contribution in [3.05, 3.63) is 28.8 Å². The molecule has 2 atom stereocenters. The average molecular weight is 314 g/mol. The average Bonchev–Trinajstić information content (AvgIpc) is 3.31. The Morgan fingerprint density at radius 3 is 2.22 bits per heavy atom. The number of nitrogens with one attached hydrogen (secondary N) is 1. The first-order valence-electron chi connectivity index (χ1n) is 8.65. The van der Waals surface area contributed by atoms with Crippen LogP contribution in [0.2, 0.25) is 0 Å². The molecule has 0 bridgehead atoms. The Labute approximate surface area is 138 Å². The van der Waals surface area contributed by atoms with E-state index in [4.69, 9.17) is 0 Å². The van der Waals surface area contributed by atoms with Crippen LogP contribution in [0.25, 0.3) is 0 Å². The zero-order chi connectivity index (χ0) is 16.6. The lowest BCUT2D eigenvalue weighted by Crippen LogP contribution is -2.37. The first-order valence-corrected chi connectivity index (χ1v) is 8.65. The number of carbonyl (C=O) groups excluding carboxylic acids is 2. The van der Waals surface area contributed by atoms with E-state index in [1.807, 2.05) is 18.7 Å². The fourth-order valence-electron chi connectivity index (χ4n) is 3.70. The molecule has 1 N–H and O–H groups in total. The summed E-state index contributed by atoms with van der Waals surface area (Å²) in [7, 11) is 0. The molecule has 1 aromatic carbocycles. The van der Waals surface area contributed by atoms with E-state index in [-0.39, 0.29) is 23.7 Å². The molecule has 1 heterocycles. The van der Waals surface area contributed by atoms with Crippen molar-refractivity contribution < 1.29 is 9.59 Å². The molecule has 4 heteroatoms. The van der Waals surface area contributed by atoms with Crippen LogP contribution in [0.4, 0.5) is 5.69 Å². The molecule has 23 heavy (non-hydrogen) atoms. The molecule has 1 aromatic rings. The van der Waals surface area contributed by atoms with Crippen LogP contribution >= 0.6 is 0 Å². The quantitative estimate of drug-likeness (QED) is 0.931. The molecule has 2 fully saturated rings. The summed E-state index contributed by atoms with van der Waals surface area (Å²) in [6.45, 7) is 7.80. The molecule has 2 amide bonds. The second-order valence-corrected chi connectivity index (χ2v) is 7.10. The Balaban J connectivity index is 1.61. The van der Waals surface area contributed by atoms with Gasteiger partial charge in [-0.1, -0.05) is 17.7 Å². The van der Waals surface area contributed by atoms with Crippen LogP contribution in [0.3, 0.4) is 0 Å². The van der Waals surface area contributed by atoms with Crippen molar-refractivity contribution in [1.82, 2.24) is 4.90 Å². The molecule has 1 saturated heterocycles. The lowest BCUT2D eigenvalue weighted by Gasteiger charge is -2.26. The Kier molecular flexibility index (Phi) is 4.42. The lowest BCUT2D eigenvalue weighted by atomic mass is 10.0. The van der Waals surface area contributed by atoms with Crippen LogP contribution in [0.5, 0.6) is 0 Å². The van der Waals surface area contributed by atoms with E-state index in [1.54, 1.807) is 0 Å². The number of nitrogens with zero attached hydrogens (tertiary/aromatic N) is 1. The van der Waals surface area contributed by atoms with Crippen molar-refractivity contribution in [2.24, 2.45) is 11.8 Å². The topological polar surface area (TPSA) is 49.4 Å². The van der Waals surface area contributed by atoms with Crippen LogP contribution in [0, 0.1) is 32.6 Å². The monoisotopic (exact) mass is 314 g/mol. The maximum atomic E-state index is 12.5.